The topological polar surface area (TPSA) is 80.1 Å². The molecule has 1 aromatic heterocycles. The number of ether oxygens (including phenoxy) is 1. The summed E-state index contributed by atoms with van der Waals surface area (Å²) in [5, 5.41) is 16.5. The number of aliphatic hydroxyl groups excluding tert-OH is 1. The molecule has 7 heteroatoms. The van der Waals surface area contributed by atoms with Crippen LogP contribution in [0.4, 0.5) is 0 Å². The molecule has 6 nitrogen and oxygen atoms in total. The molecule has 1 aliphatic carbocycles. The van der Waals surface area contributed by atoms with Gasteiger partial charge in [-0.05, 0) is 12.8 Å². The second-order valence-electron chi connectivity index (χ2n) is 3.83. The highest BCUT2D eigenvalue weighted by Gasteiger charge is 2.28. The Bertz CT molecular complexity index is 399. The number of aromatic amines is 1. The summed E-state index contributed by atoms with van der Waals surface area (Å²) in [6.07, 6.45) is 1.54. The van der Waals surface area contributed by atoms with E-state index in [-0.39, 0.29) is 5.69 Å². The number of hydrogen-bond donors (Lipinski definition) is 2. The second-order valence-corrected chi connectivity index (χ2v) is 4.82. The molecule has 0 spiro atoms. The number of hydrogen-bond acceptors (Lipinski definition) is 5. The summed E-state index contributed by atoms with van der Waals surface area (Å²) in [7, 11) is 1.54. The summed E-state index contributed by atoms with van der Waals surface area (Å²) < 4.78 is 6.50. The maximum absolute atomic E-state index is 11.4. The zero-order valence-corrected chi connectivity index (χ0v) is 9.87. The molecule has 1 saturated carbocycles. The smallest absolute Gasteiger partial charge is 0.344 e. The Labute approximate surface area is 97.0 Å². The van der Waals surface area contributed by atoms with Crippen LogP contribution in [0.15, 0.2) is 9.95 Å². The SMILES string of the molecule is COCC(O)CSc1n[nH]c(=O)n1C1CC1. The summed E-state index contributed by atoms with van der Waals surface area (Å²) >= 11 is 1.37. The van der Waals surface area contributed by atoms with E-state index in [0.717, 1.165) is 12.8 Å². The highest BCUT2D eigenvalue weighted by Crippen LogP contribution is 2.36. The lowest BCUT2D eigenvalue weighted by atomic mass is 10.4. The molecule has 1 heterocycles. The highest BCUT2D eigenvalue weighted by molar-refractivity contribution is 7.99. The molecule has 1 unspecified atom stereocenters. The molecule has 0 bridgehead atoms. The quantitative estimate of drug-likeness (QED) is 0.690. The van der Waals surface area contributed by atoms with Gasteiger partial charge >= 0.3 is 5.69 Å². The van der Waals surface area contributed by atoms with Crippen molar-refractivity contribution in [2.45, 2.75) is 30.1 Å². The molecule has 0 amide bonds. The van der Waals surface area contributed by atoms with E-state index < -0.39 is 6.10 Å². The number of rotatable bonds is 6. The minimum Gasteiger partial charge on any atom is -0.390 e. The fraction of sp³-hybridized carbons (Fsp3) is 0.778. The van der Waals surface area contributed by atoms with Gasteiger partial charge in [0.15, 0.2) is 5.16 Å². The molecular formula is C9H15N3O3S. The Morgan fingerprint density at radius 2 is 2.50 bits per heavy atom. The fourth-order valence-corrected chi connectivity index (χ4v) is 2.38. The molecule has 0 saturated heterocycles. The maximum Gasteiger partial charge on any atom is 0.344 e. The first-order chi connectivity index (χ1) is 7.72. The predicted octanol–water partition coefficient (Wildman–Crippen LogP) is 0.00570. The van der Waals surface area contributed by atoms with E-state index in [1.54, 1.807) is 11.7 Å². The Hall–Kier alpha value is -0.790. The van der Waals surface area contributed by atoms with Crippen molar-refractivity contribution in [2.75, 3.05) is 19.5 Å². The molecule has 0 aliphatic heterocycles. The molecule has 16 heavy (non-hydrogen) atoms. The molecule has 0 radical (unpaired) electrons. The number of H-pyrrole nitrogens is 1. The number of nitrogens with one attached hydrogen (secondary N) is 1. The molecule has 1 atom stereocenters. The third kappa shape index (κ3) is 2.66. The average molecular weight is 245 g/mol. The van der Waals surface area contributed by atoms with E-state index >= 15 is 0 Å². The summed E-state index contributed by atoms with van der Waals surface area (Å²) in [6.45, 7) is 0.297. The Balaban J connectivity index is 1.96. The number of thioether (sulfide) groups is 1. The summed E-state index contributed by atoms with van der Waals surface area (Å²) in [5.74, 6) is 0.477. The van der Waals surface area contributed by atoms with Crippen LogP contribution in [0, 0.1) is 0 Å². The first kappa shape index (κ1) is 11.7. The van der Waals surface area contributed by atoms with Gasteiger partial charge in [-0.15, -0.1) is 5.10 Å². The van der Waals surface area contributed by atoms with Crippen LogP contribution in [-0.4, -0.2) is 45.4 Å². The van der Waals surface area contributed by atoms with Gasteiger partial charge < -0.3 is 9.84 Å². The van der Waals surface area contributed by atoms with Gasteiger partial charge in [0.25, 0.3) is 0 Å². The normalized spacial score (nSPS) is 17.6. The molecule has 1 fully saturated rings. The van der Waals surface area contributed by atoms with Crippen molar-refractivity contribution in [1.29, 1.82) is 0 Å². The van der Waals surface area contributed by atoms with Gasteiger partial charge in [0.1, 0.15) is 0 Å². The lowest BCUT2D eigenvalue weighted by molar-refractivity contribution is 0.0793. The number of aliphatic hydroxyl groups is 1. The van der Waals surface area contributed by atoms with Crippen LogP contribution in [-0.2, 0) is 4.74 Å². The van der Waals surface area contributed by atoms with Crippen molar-refractivity contribution >= 4 is 11.8 Å². The standard InChI is InChI=1S/C9H15N3O3S/c1-15-4-7(13)5-16-9-11-10-8(14)12(9)6-2-3-6/h6-7,13H,2-5H2,1H3,(H,10,14). The first-order valence-corrected chi connectivity index (χ1v) is 6.17. The van der Waals surface area contributed by atoms with E-state index in [1.807, 2.05) is 0 Å². The lowest BCUT2D eigenvalue weighted by Gasteiger charge is -2.08. The largest absolute Gasteiger partial charge is 0.390 e. The first-order valence-electron chi connectivity index (χ1n) is 5.19. The van der Waals surface area contributed by atoms with Crippen molar-refractivity contribution < 1.29 is 9.84 Å². The number of nitrogens with zero attached hydrogens (tertiary/aromatic N) is 2. The van der Waals surface area contributed by atoms with Gasteiger partial charge in [-0.2, -0.15) is 0 Å². The molecule has 2 N–H and O–H groups in total. The van der Waals surface area contributed by atoms with E-state index in [1.165, 1.54) is 11.8 Å². The van der Waals surface area contributed by atoms with E-state index in [0.29, 0.717) is 23.6 Å². The van der Waals surface area contributed by atoms with Gasteiger partial charge in [-0.1, -0.05) is 11.8 Å². The molecule has 90 valence electrons. The number of aromatic nitrogens is 3. The van der Waals surface area contributed by atoms with Crippen LogP contribution >= 0.6 is 11.8 Å². The van der Waals surface area contributed by atoms with Gasteiger partial charge in [0, 0.05) is 18.9 Å². The highest BCUT2D eigenvalue weighted by atomic mass is 32.2. The maximum atomic E-state index is 11.4. The summed E-state index contributed by atoms with van der Waals surface area (Å²) in [6, 6.07) is 0.299. The average Bonchev–Trinajstić information content (AvgIpc) is 3.01. The van der Waals surface area contributed by atoms with Gasteiger partial charge in [-0.25, -0.2) is 9.89 Å². The fourth-order valence-electron chi connectivity index (χ4n) is 1.46. The van der Waals surface area contributed by atoms with Crippen molar-refractivity contribution in [1.82, 2.24) is 14.8 Å². The van der Waals surface area contributed by atoms with Crippen molar-refractivity contribution in [3.05, 3.63) is 10.5 Å². The monoisotopic (exact) mass is 245 g/mol. The molecule has 1 aliphatic rings. The lowest BCUT2D eigenvalue weighted by Crippen LogP contribution is -2.19. The van der Waals surface area contributed by atoms with Crippen molar-refractivity contribution in [3.63, 3.8) is 0 Å². The summed E-state index contributed by atoms with van der Waals surface area (Å²) in [5.41, 5.74) is -0.161. The zero-order valence-electron chi connectivity index (χ0n) is 9.05. The van der Waals surface area contributed by atoms with Crippen LogP contribution in [0.1, 0.15) is 18.9 Å². The molecule has 1 aromatic rings. The Morgan fingerprint density at radius 3 is 3.12 bits per heavy atom. The minimum absolute atomic E-state index is 0.161. The summed E-state index contributed by atoms with van der Waals surface area (Å²) in [4.78, 5) is 11.4. The van der Waals surface area contributed by atoms with Gasteiger partial charge in [-0.3, -0.25) is 4.57 Å². The van der Waals surface area contributed by atoms with Crippen LogP contribution in [0.3, 0.4) is 0 Å². The Kier molecular flexibility index (Phi) is 3.67. The predicted molar refractivity (Wildman–Crippen MR) is 59.7 cm³/mol. The van der Waals surface area contributed by atoms with E-state index in [4.69, 9.17) is 4.74 Å². The molecule has 2 rings (SSSR count). The van der Waals surface area contributed by atoms with Crippen molar-refractivity contribution in [2.24, 2.45) is 0 Å². The number of methoxy groups -OCH3 is 1. The van der Waals surface area contributed by atoms with E-state index in [2.05, 4.69) is 10.2 Å². The van der Waals surface area contributed by atoms with Gasteiger partial charge in [0.05, 0.1) is 12.7 Å². The zero-order chi connectivity index (χ0) is 11.5. The van der Waals surface area contributed by atoms with Crippen LogP contribution in [0.2, 0.25) is 0 Å². The second kappa shape index (κ2) is 5.03. The van der Waals surface area contributed by atoms with Crippen LogP contribution in [0.5, 0.6) is 0 Å². The van der Waals surface area contributed by atoms with Gasteiger partial charge in [0.2, 0.25) is 0 Å². The third-order valence-corrected chi connectivity index (χ3v) is 3.45. The van der Waals surface area contributed by atoms with Crippen molar-refractivity contribution in [3.8, 4) is 0 Å². The molecular weight excluding hydrogens is 230 g/mol. The Morgan fingerprint density at radius 1 is 1.75 bits per heavy atom. The van der Waals surface area contributed by atoms with E-state index in [9.17, 15) is 9.90 Å². The van der Waals surface area contributed by atoms with Crippen LogP contribution < -0.4 is 5.69 Å². The minimum atomic E-state index is -0.533. The molecule has 0 aromatic carbocycles. The van der Waals surface area contributed by atoms with Crippen LogP contribution in [0.25, 0.3) is 0 Å². The third-order valence-electron chi connectivity index (χ3n) is 2.35.